The number of hydrogen-bond acceptors (Lipinski definition) is 7. The molecule has 156 valence electrons. The standard InChI is InChI=1S/C21H23N5O3S/c1-13-15-5-3-4-6-17(15)22-14(2)16(13)11-19(27)24-25-20(28)18-12-30-21(23-18)26-7-9-29-10-8-26/h3-6,12H,7-11H2,1-2H3,(H,24,27)(H,25,28). The lowest BCUT2D eigenvalue weighted by Gasteiger charge is -2.25. The number of nitrogens with zero attached hydrogens (tertiary/aromatic N) is 3. The van der Waals surface area contributed by atoms with Crippen molar-refractivity contribution in [2.45, 2.75) is 20.3 Å². The molecule has 1 fully saturated rings. The summed E-state index contributed by atoms with van der Waals surface area (Å²) in [4.78, 5) is 35.9. The first-order valence-electron chi connectivity index (χ1n) is 9.75. The van der Waals surface area contributed by atoms with E-state index in [1.807, 2.05) is 38.1 Å². The largest absolute Gasteiger partial charge is 0.378 e. The highest BCUT2D eigenvalue weighted by molar-refractivity contribution is 7.13. The maximum Gasteiger partial charge on any atom is 0.289 e. The van der Waals surface area contributed by atoms with Crippen LogP contribution in [0.25, 0.3) is 10.9 Å². The summed E-state index contributed by atoms with van der Waals surface area (Å²) in [5.74, 6) is -0.751. The van der Waals surface area contributed by atoms with Gasteiger partial charge in [-0.05, 0) is 31.0 Å². The lowest BCUT2D eigenvalue weighted by molar-refractivity contribution is -0.121. The highest BCUT2D eigenvalue weighted by Crippen LogP contribution is 2.23. The fraction of sp³-hybridized carbons (Fsp3) is 0.333. The molecule has 8 nitrogen and oxygen atoms in total. The van der Waals surface area contributed by atoms with E-state index in [0.29, 0.717) is 13.2 Å². The number of benzene rings is 1. The number of rotatable bonds is 4. The molecule has 1 aliphatic rings. The van der Waals surface area contributed by atoms with E-state index < -0.39 is 5.91 Å². The lowest BCUT2D eigenvalue weighted by Crippen LogP contribution is -2.42. The third kappa shape index (κ3) is 4.27. The van der Waals surface area contributed by atoms with Gasteiger partial charge in [0.05, 0.1) is 25.2 Å². The van der Waals surface area contributed by atoms with Gasteiger partial charge >= 0.3 is 0 Å². The number of ether oxygens (including phenoxy) is 1. The fourth-order valence-corrected chi connectivity index (χ4v) is 4.35. The monoisotopic (exact) mass is 425 g/mol. The quantitative estimate of drug-likeness (QED) is 0.622. The smallest absolute Gasteiger partial charge is 0.289 e. The van der Waals surface area contributed by atoms with Crippen LogP contribution in [0.5, 0.6) is 0 Å². The second-order valence-electron chi connectivity index (χ2n) is 7.11. The molecule has 0 spiro atoms. The van der Waals surface area contributed by atoms with Gasteiger partial charge in [0.1, 0.15) is 5.69 Å². The Labute approximate surface area is 178 Å². The van der Waals surface area contributed by atoms with E-state index in [9.17, 15) is 9.59 Å². The first kappa shape index (κ1) is 20.2. The molecule has 0 unspecified atom stereocenters. The number of amides is 2. The zero-order valence-electron chi connectivity index (χ0n) is 16.9. The fourth-order valence-electron chi connectivity index (χ4n) is 3.49. The van der Waals surface area contributed by atoms with E-state index in [0.717, 1.165) is 45.9 Å². The Morgan fingerprint density at radius 3 is 2.70 bits per heavy atom. The van der Waals surface area contributed by atoms with Crippen molar-refractivity contribution >= 4 is 39.2 Å². The summed E-state index contributed by atoms with van der Waals surface area (Å²) >= 11 is 1.40. The molecule has 0 atom stereocenters. The van der Waals surface area contributed by atoms with Crippen LogP contribution in [0.2, 0.25) is 0 Å². The van der Waals surface area contributed by atoms with Crippen LogP contribution in [-0.4, -0.2) is 48.1 Å². The minimum atomic E-state index is -0.441. The Balaban J connectivity index is 1.38. The van der Waals surface area contributed by atoms with Crippen molar-refractivity contribution < 1.29 is 14.3 Å². The zero-order chi connectivity index (χ0) is 21.1. The summed E-state index contributed by atoms with van der Waals surface area (Å²) in [6, 6.07) is 7.85. The Bertz CT molecular complexity index is 1090. The van der Waals surface area contributed by atoms with Gasteiger partial charge in [-0.15, -0.1) is 11.3 Å². The van der Waals surface area contributed by atoms with Crippen molar-refractivity contribution in [1.29, 1.82) is 0 Å². The highest BCUT2D eigenvalue weighted by atomic mass is 32.1. The molecule has 1 aromatic carbocycles. The number of aromatic nitrogens is 2. The minimum absolute atomic E-state index is 0.131. The average molecular weight is 426 g/mol. The van der Waals surface area contributed by atoms with Crippen molar-refractivity contribution in [3.05, 3.63) is 52.2 Å². The Kier molecular flexibility index (Phi) is 5.91. The van der Waals surface area contributed by atoms with Crippen LogP contribution in [0.15, 0.2) is 29.6 Å². The van der Waals surface area contributed by atoms with E-state index in [1.165, 1.54) is 11.3 Å². The number of anilines is 1. The van der Waals surface area contributed by atoms with E-state index in [4.69, 9.17) is 4.74 Å². The van der Waals surface area contributed by atoms with Gasteiger partial charge in [-0.2, -0.15) is 0 Å². The molecule has 0 radical (unpaired) electrons. The van der Waals surface area contributed by atoms with Crippen molar-refractivity contribution in [2.24, 2.45) is 0 Å². The first-order valence-corrected chi connectivity index (χ1v) is 10.6. The number of hydrogen-bond donors (Lipinski definition) is 2. The summed E-state index contributed by atoms with van der Waals surface area (Å²) in [6.45, 7) is 6.69. The van der Waals surface area contributed by atoms with Crippen LogP contribution < -0.4 is 15.8 Å². The van der Waals surface area contributed by atoms with Gasteiger partial charge < -0.3 is 9.64 Å². The number of thiazole rings is 1. The molecule has 1 aliphatic heterocycles. The SMILES string of the molecule is Cc1nc2ccccc2c(C)c1CC(=O)NNC(=O)c1csc(N2CCOCC2)n1. The number of pyridine rings is 1. The second kappa shape index (κ2) is 8.76. The van der Waals surface area contributed by atoms with Gasteiger partial charge in [-0.1, -0.05) is 18.2 Å². The molecule has 9 heteroatoms. The third-order valence-corrected chi connectivity index (χ3v) is 6.05. The van der Waals surface area contributed by atoms with Crippen LogP contribution in [-0.2, 0) is 16.0 Å². The molecular weight excluding hydrogens is 402 g/mol. The molecule has 30 heavy (non-hydrogen) atoms. The van der Waals surface area contributed by atoms with Crippen molar-refractivity contribution in [2.75, 3.05) is 31.2 Å². The van der Waals surface area contributed by atoms with Crippen molar-refractivity contribution in [3.8, 4) is 0 Å². The number of carbonyl (C=O) groups is 2. The molecule has 2 N–H and O–H groups in total. The van der Waals surface area contributed by atoms with Crippen LogP contribution >= 0.6 is 11.3 Å². The summed E-state index contributed by atoms with van der Waals surface area (Å²) in [6.07, 6.45) is 0.131. The Morgan fingerprint density at radius 1 is 1.13 bits per heavy atom. The number of para-hydroxylation sites is 1. The highest BCUT2D eigenvalue weighted by Gasteiger charge is 2.18. The number of fused-ring (bicyclic) bond motifs is 1. The van der Waals surface area contributed by atoms with Crippen molar-refractivity contribution in [3.63, 3.8) is 0 Å². The van der Waals surface area contributed by atoms with Crippen LogP contribution in [0, 0.1) is 13.8 Å². The third-order valence-electron chi connectivity index (χ3n) is 5.14. The molecule has 1 saturated heterocycles. The predicted octanol–water partition coefficient (Wildman–Crippen LogP) is 2.15. The molecular formula is C21H23N5O3S. The van der Waals surface area contributed by atoms with E-state index in [2.05, 4.69) is 25.7 Å². The molecule has 3 aromatic rings. The summed E-state index contributed by atoms with van der Waals surface area (Å²) < 4.78 is 5.33. The summed E-state index contributed by atoms with van der Waals surface area (Å²) in [7, 11) is 0. The zero-order valence-corrected chi connectivity index (χ0v) is 17.7. The Hall–Kier alpha value is -3.04. The summed E-state index contributed by atoms with van der Waals surface area (Å²) in [5, 5.41) is 3.49. The van der Waals surface area contributed by atoms with Gasteiger partial charge in [0, 0.05) is 29.5 Å². The molecule has 0 saturated carbocycles. The van der Waals surface area contributed by atoms with E-state index in [1.54, 1.807) is 5.38 Å². The minimum Gasteiger partial charge on any atom is -0.378 e. The maximum atomic E-state index is 12.4. The number of carbonyl (C=O) groups excluding carboxylic acids is 2. The number of hydrazine groups is 1. The van der Waals surface area contributed by atoms with Gasteiger partial charge in [0.15, 0.2) is 5.13 Å². The first-order chi connectivity index (χ1) is 14.5. The number of morpholine rings is 1. The summed E-state index contributed by atoms with van der Waals surface area (Å²) in [5.41, 5.74) is 8.82. The second-order valence-corrected chi connectivity index (χ2v) is 7.95. The Morgan fingerprint density at radius 2 is 1.90 bits per heavy atom. The van der Waals surface area contributed by atoms with Crippen LogP contribution in [0.4, 0.5) is 5.13 Å². The van der Waals surface area contributed by atoms with Crippen LogP contribution in [0.3, 0.4) is 0 Å². The number of aryl methyl sites for hydroxylation is 2. The van der Waals surface area contributed by atoms with Gasteiger partial charge in [-0.25, -0.2) is 4.98 Å². The molecule has 2 amide bonds. The van der Waals surface area contributed by atoms with Crippen LogP contribution in [0.1, 0.15) is 27.3 Å². The number of nitrogens with one attached hydrogen (secondary N) is 2. The topological polar surface area (TPSA) is 96.5 Å². The molecule has 4 rings (SSSR count). The molecule has 0 bridgehead atoms. The predicted molar refractivity (Wildman–Crippen MR) is 116 cm³/mol. The van der Waals surface area contributed by atoms with Gasteiger partial charge in [0.25, 0.3) is 5.91 Å². The lowest BCUT2D eigenvalue weighted by atomic mass is 9.99. The molecule has 0 aliphatic carbocycles. The average Bonchev–Trinajstić information content (AvgIpc) is 3.26. The van der Waals surface area contributed by atoms with Gasteiger partial charge in [0.2, 0.25) is 5.91 Å². The molecule has 2 aromatic heterocycles. The molecule has 3 heterocycles. The normalized spacial score (nSPS) is 14.0. The van der Waals surface area contributed by atoms with Gasteiger partial charge in [-0.3, -0.25) is 25.4 Å². The maximum absolute atomic E-state index is 12.4. The van der Waals surface area contributed by atoms with E-state index >= 15 is 0 Å². The van der Waals surface area contributed by atoms with E-state index in [-0.39, 0.29) is 18.0 Å². The van der Waals surface area contributed by atoms with Crippen molar-refractivity contribution in [1.82, 2.24) is 20.8 Å².